The number of carbonyl (C=O) groups excluding carboxylic acids is 2. The lowest BCUT2D eigenvalue weighted by atomic mass is 10.1. The summed E-state index contributed by atoms with van der Waals surface area (Å²) in [5.41, 5.74) is 3.47. The highest BCUT2D eigenvalue weighted by molar-refractivity contribution is 8.00. The maximum absolute atomic E-state index is 13.3. The van der Waals surface area contributed by atoms with E-state index in [2.05, 4.69) is 15.6 Å². The second-order valence-electron chi connectivity index (χ2n) is 7.01. The first-order valence-corrected chi connectivity index (χ1v) is 11.8. The topological polar surface area (TPSA) is 71.1 Å². The first-order valence-electron chi connectivity index (χ1n) is 9.99. The fourth-order valence-electron chi connectivity index (χ4n) is 3.10. The normalized spacial score (nSPS) is 11.5. The van der Waals surface area contributed by atoms with Crippen LogP contribution in [0, 0.1) is 0 Å². The minimum atomic E-state index is -0.452. The lowest BCUT2D eigenvalue weighted by Crippen LogP contribution is -2.19. The smallest absolute Gasteiger partial charge is 0.244 e. The van der Waals surface area contributed by atoms with Crippen LogP contribution in [-0.4, -0.2) is 16.8 Å². The highest BCUT2D eigenvalue weighted by atomic mass is 32.2. The Kier molecular flexibility index (Phi) is 6.99. The maximum atomic E-state index is 13.3. The monoisotopic (exact) mass is 459 g/mol. The van der Waals surface area contributed by atoms with Crippen LogP contribution in [0.2, 0.25) is 0 Å². The van der Waals surface area contributed by atoms with Gasteiger partial charge in [-0.15, -0.1) is 23.1 Å². The number of thioether (sulfide) groups is 1. The molecule has 0 saturated carbocycles. The summed E-state index contributed by atoms with van der Waals surface area (Å²) in [7, 11) is 0. The largest absolute Gasteiger partial charge is 0.326 e. The van der Waals surface area contributed by atoms with Crippen molar-refractivity contribution < 1.29 is 9.59 Å². The van der Waals surface area contributed by atoms with Crippen LogP contribution in [0.4, 0.5) is 10.8 Å². The van der Waals surface area contributed by atoms with Gasteiger partial charge in [-0.25, -0.2) is 4.98 Å². The first-order chi connectivity index (χ1) is 15.6. The predicted octanol–water partition coefficient (Wildman–Crippen LogP) is 6.24. The third kappa shape index (κ3) is 5.63. The summed E-state index contributed by atoms with van der Waals surface area (Å²) in [4.78, 5) is 30.0. The van der Waals surface area contributed by atoms with E-state index in [1.807, 2.05) is 90.3 Å². The zero-order valence-corrected chi connectivity index (χ0v) is 19.0. The number of rotatable bonds is 7. The maximum Gasteiger partial charge on any atom is 0.244 e. The van der Waals surface area contributed by atoms with E-state index in [-0.39, 0.29) is 11.8 Å². The Bertz CT molecular complexity index is 1190. The number of benzene rings is 3. The molecule has 0 aliphatic rings. The van der Waals surface area contributed by atoms with Crippen LogP contribution >= 0.6 is 23.1 Å². The molecular weight excluding hydrogens is 438 g/mol. The Balaban J connectivity index is 1.52. The molecule has 1 aromatic heterocycles. The Morgan fingerprint density at radius 3 is 2.19 bits per heavy atom. The van der Waals surface area contributed by atoms with Crippen molar-refractivity contribution in [3.05, 3.63) is 95.9 Å². The van der Waals surface area contributed by atoms with Gasteiger partial charge in [0.2, 0.25) is 11.8 Å². The highest BCUT2D eigenvalue weighted by Gasteiger charge is 2.23. The molecule has 0 aliphatic heterocycles. The van der Waals surface area contributed by atoms with E-state index < -0.39 is 5.25 Å². The molecule has 0 aliphatic carbocycles. The first kappa shape index (κ1) is 21.8. The lowest BCUT2D eigenvalue weighted by Gasteiger charge is -2.16. The molecule has 4 rings (SSSR count). The molecule has 0 saturated heterocycles. The second kappa shape index (κ2) is 10.3. The van der Waals surface area contributed by atoms with E-state index in [1.165, 1.54) is 30.0 Å². The molecule has 2 amide bonds. The van der Waals surface area contributed by atoms with Crippen LogP contribution in [0.5, 0.6) is 0 Å². The quantitative estimate of drug-likeness (QED) is 0.321. The van der Waals surface area contributed by atoms with Crippen LogP contribution in [0.25, 0.3) is 11.3 Å². The number of hydrogen-bond acceptors (Lipinski definition) is 5. The molecule has 0 fully saturated rings. The lowest BCUT2D eigenvalue weighted by molar-refractivity contribution is -0.116. The SMILES string of the molecule is CC(=O)Nc1ccc(SC(C(=O)Nc2nc(-c3ccccc3)cs2)c2ccccc2)cc1. The summed E-state index contributed by atoms with van der Waals surface area (Å²) in [6, 6.07) is 27.0. The molecule has 5 nitrogen and oxygen atoms in total. The Hall–Kier alpha value is -3.42. The standard InChI is InChI=1S/C25H21N3O2S2/c1-17(29)26-20-12-14-21(15-13-20)32-23(19-10-6-3-7-11-19)24(30)28-25-27-22(16-31-25)18-8-4-2-5-9-18/h2-16,23H,1H3,(H,26,29)(H,27,28,30). The van der Waals surface area contributed by atoms with Gasteiger partial charge in [-0.1, -0.05) is 60.7 Å². The fourth-order valence-corrected chi connectivity index (χ4v) is 4.85. The van der Waals surface area contributed by atoms with Crippen molar-refractivity contribution in [3.63, 3.8) is 0 Å². The van der Waals surface area contributed by atoms with Crippen molar-refractivity contribution in [3.8, 4) is 11.3 Å². The van der Waals surface area contributed by atoms with Crippen LogP contribution in [0.1, 0.15) is 17.7 Å². The summed E-state index contributed by atoms with van der Waals surface area (Å²) < 4.78 is 0. The number of nitrogens with one attached hydrogen (secondary N) is 2. The van der Waals surface area contributed by atoms with Crippen molar-refractivity contribution in [1.82, 2.24) is 4.98 Å². The third-order valence-electron chi connectivity index (χ3n) is 4.57. The minimum Gasteiger partial charge on any atom is -0.326 e. The van der Waals surface area contributed by atoms with Gasteiger partial charge in [0.15, 0.2) is 5.13 Å². The molecule has 0 bridgehead atoms. The van der Waals surface area contributed by atoms with Gasteiger partial charge >= 0.3 is 0 Å². The van der Waals surface area contributed by atoms with Gasteiger partial charge in [-0.05, 0) is 29.8 Å². The zero-order valence-electron chi connectivity index (χ0n) is 17.3. The number of hydrogen-bond donors (Lipinski definition) is 2. The van der Waals surface area contributed by atoms with Crippen molar-refractivity contribution in [2.24, 2.45) is 0 Å². The van der Waals surface area contributed by atoms with Crippen LogP contribution in [-0.2, 0) is 9.59 Å². The number of carbonyl (C=O) groups is 2. The number of amides is 2. The summed E-state index contributed by atoms with van der Waals surface area (Å²) in [6.07, 6.45) is 0. The van der Waals surface area contributed by atoms with Gasteiger partial charge < -0.3 is 10.6 Å². The Morgan fingerprint density at radius 1 is 0.875 bits per heavy atom. The summed E-state index contributed by atoms with van der Waals surface area (Å²) in [5.74, 6) is -0.258. The predicted molar refractivity (Wildman–Crippen MR) is 132 cm³/mol. The number of nitrogens with zero attached hydrogens (tertiary/aromatic N) is 1. The van der Waals surface area contributed by atoms with Gasteiger partial charge in [0.05, 0.1) is 5.69 Å². The van der Waals surface area contributed by atoms with Gasteiger partial charge in [-0.3, -0.25) is 9.59 Å². The Morgan fingerprint density at radius 2 is 1.53 bits per heavy atom. The molecule has 0 spiro atoms. The molecular formula is C25H21N3O2S2. The fraction of sp³-hybridized carbons (Fsp3) is 0.0800. The summed E-state index contributed by atoms with van der Waals surface area (Å²) >= 11 is 2.86. The number of aromatic nitrogens is 1. The van der Waals surface area contributed by atoms with Gasteiger partial charge in [0, 0.05) is 28.5 Å². The zero-order chi connectivity index (χ0) is 22.3. The molecule has 3 aromatic carbocycles. The molecule has 1 heterocycles. The summed E-state index contributed by atoms with van der Waals surface area (Å²) in [6.45, 7) is 1.47. The molecule has 1 unspecified atom stereocenters. The van der Waals surface area contributed by atoms with E-state index in [4.69, 9.17) is 0 Å². The van der Waals surface area contributed by atoms with E-state index in [9.17, 15) is 9.59 Å². The Labute approximate surface area is 194 Å². The van der Waals surface area contributed by atoms with Crippen molar-refractivity contribution in [2.45, 2.75) is 17.1 Å². The molecule has 0 radical (unpaired) electrons. The minimum absolute atomic E-state index is 0.120. The molecule has 1 atom stereocenters. The number of anilines is 2. The highest BCUT2D eigenvalue weighted by Crippen LogP contribution is 2.37. The average molecular weight is 460 g/mol. The molecule has 32 heavy (non-hydrogen) atoms. The molecule has 4 aromatic rings. The van der Waals surface area contributed by atoms with Gasteiger partial charge in [-0.2, -0.15) is 0 Å². The third-order valence-corrected chi connectivity index (χ3v) is 6.60. The van der Waals surface area contributed by atoms with Crippen LogP contribution in [0.15, 0.2) is 95.2 Å². The number of thiazole rings is 1. The van der Waals surface area contributed by atoms with Gasteiger partial charge in [0.25, 0.3) is 0 Å². The molecule has 2 N–H and O–H groups in total. The summed E-state index contributed by atoms with van der Waals surface area (Å²) in [5, 5.41) is 7.79. The average Bonchev–Trinajstić information content (AvgIpc) is 3.28. The van der Waals surface area contributed by atoms with Crippen LogP contribution in [0.3, 0.4) is 0 Å². The molecule has 7 heteroatoms. The van der Waals surface area contributed by atoms with Crippen molar-refractivity contribution in [2.75, 3.05) is 10.6 Å². The van der Waals surface area contributed by atoms with Crippen LogP contribution < -0.4 is 10.6 Å². The van der Waals surface area contributed by atoms with Crippen molar-refractivity contribution in [1.29, 1.82) is 0 Å². The molecule has 160 valence electrons. The van der Waals surface area contributed by atoms with Crippen molar-refractivity contribution >= 4 is 45.7 Å². The van der Waals surface area contributed by atoms with Gasteiger partial charge in [0.1, 0.15) is 5.25 Å². The second-order valence-corrected chi connectivity index (χ2v) is 9.04. The van der Waals surface area contributed by atoms with E-state index >= 15 is 0 Å². The van der Waals surface area contributed by atoms with E-state index in [1.54, 1.807) is 0 Å². The van der Waals surface area contributed by atoms with E-state index in [0.717, 1.165) is 27.4 Å². The van der Waals surface area contributed by atoms with E-state index in [0.29, 0.717) is 5.13 Å².